The molecule has 11 heteroatoms. The molecule has 0 aliphatic carbocycles. The lowest BCUT2D eigenvalue weighted by Gasteiger charge is -2.15. The number of anilines is 1. The van der Waals surface area contributed by atoms with Crippen LogP contribution in [-0.2, 0) is 18.2 Å². The molecule has 1 aromatic heterocycles. The van der Waals surface area contributed by atoms with Gasteiger partial charge in [-0.25, -0.2) is 10.2 Å². The quantitative estimate of drug-likeness (QED) is 0.470. The van der Waals surface area contributed by atoms with Crippen molar-refractivity contribution in [2.45, 2.75) is 13.3 Å². The fraction of sp³-hybridized carbons (Fsp3) is 0.182. The molecular formula is C22H21Cl2N5O4. The molecule has 0 atom stereocenters. The van der Waals surface area contributed by atoms with Crippen LogP contribution in [0.15, 0.2) is 42.6 Å². The van der Waals surface area contributed by atoms with E-state index in [-0.39, 0.29) is 16.3 Å². The smallest absolute Gasteiger partial charge is 0.425 e. The number of nitrogens with zero attached hydrogens (tertiary/aromatic N) is 2. The Morgan fingerprint density at radius 3 is 2.48 bits per heavy atom. The van der Waals surface area contributed by atoms with Crippen molar-refractivity contribution in [3.63, 3.8) is 0 Å². The highest BCUT2D eigenvalue weighted by Gasteiger charge is 2.22. The average molecular weight is 490 g/mol. The SMILES string of the molecule is COC(=O)NNC(=O)c1cc(Cl)cc(C)c1NC(=O)c1cnn(C)c1Cc1ccccc1Cl. The van der Waals surface area contributed by atoms with Gasteiger partial charge < -0.3 is 10.1 Å². The number of aromatic nitrogens is 2. The maximum atomic E-state index is 13.2. The lowest BCUT2D eigenvalue weighted by molar-refractivity contribution is 0.0921. The van der Waals surface area contributed by atoms with Crippen molar-refractivity contribution in [3.8, 4) is 0 Å². The third kappa shape index (κ3) is 5.63. The number of hydrogen-bond donors (Lipinski definition) is 3. The predicted molar refractivity (Wildman–Crippen MR) is 125 cm³/mol. The molecule has 0 fully saturated rings. The molecular weight excluding hydrogens is 469 g/mol. The summed E-state index contributed by atoms with van der Waals surface area (Å²) in [6.07, 6.45) is 0.979. The second-order valence-electron chi connectivity index (χ2n) is 7.07. The van der Waals surface area contributed by atoms with E-state index in [0.29, 0.717) is 28.3 Å². The van der Waals surface area contributed by atoms with Crippen LogP contribution in [0.3, 0.4) is 0 Å². The Morgan fingerprint density at radius 1 is 1.06 bits per heavy atom. The van der Waals surface area contributed by atoms with Crippen LogP contribution in [0.25, 0.3) is 0 Å². The Balaban J connectivity index is 1.90. The molecule has 3 aromatic rings. The number of carbonyl (C=O) groups is 3. The first-order valence-electron chi connectivity index (χ1n) is 9.71. The summed E-state index contributed by atoms with van der Waals surface area (Å²) in [5, 5.41) is 7.84. The Labute approximate surface area is 200 Å². The zero-order valence-corrected chi connectivity index (χ0v) is 19.5. The topological polar surface area (TPSA) is 114 Å². The maximum Gasteiger partial charge on any atom is 0.425 e. The summed E-state index contributed by atoms with van der Waals surface area (Å²) in [7, 11) is 2.89. The van der Waals surface area contributed by atoms with E-state index < -0.39 is 17.9 Å². The van der Waals surface area contributed by atoms with Crippen molar-refractivity contribution in [1.29, 1.82) is 0 Å². The summed E-state index contributed by atoms with van der Waals surface area (Å²) in [6, 6.07) is 10.3. The van der Waals surface area contributed by atoms with Gasteiger partial charge in [-0.05, 0) is 36.2 Å². The summed E-state index contributed by atoms with van der Waals surface area (Å²) < 4.78 is 6.03. The van der Waals surface area contributed by atoms with E-state index in [2.05, 4.69) is 26.0 Å². The second kappa shape index (κ2) is 10.4. The molecule has 0 saturated heterocycles. The molecule has 0 radical (unpaired) electrons. The average Bonchev–Trinajstić information content (AvgIpc) is 3.15. The molecule has 1 heterocycles. The number of methoxy groups -OCH3 is 1. The molecule has 0 bridgehead atoms. The van der Waals surface area contributed by atoms with Crippen molar-refractivity contribution in [3.05, 3.63) is 80.6 Å². The Bertz CT molecular complexity index is 1230. The Morgan fingerprint density at radius 2 is 1.79 bits per heavy atom. The highest BCUT2D eigenvalue weighted by Crippen LogP contribution is 2.27. The third-order valence-corrected chi connectivity index (χ3v) is 5.46. The number of hydrogen-bond acceptors (Lipinski definition) is 5. The number of hydrazine groups is 1. The number of ether oxygens (including phenoxy) is 1. The number of carbonyl (C=O) groups excluding carboxylic acids is 3. The number of nitrogens with one attached hydrogen (secondary N) is 3. The fourth-order valence-corrected chi connectivity index (χ4v) is 3.65. The summed E-state index contributed by atoms with van der Waals surface area (Å²) in [6.45, 7) is 1.69. The first-order chi connectivity index (χ1) is 15.7. The Hall–Kier alpha value is -3.56. The van der Waals surface area contributed by atoms with Crippen molar-refractivity contribution in [2.24, 2.45) is 7.05 Å². The lowest BCUT2D eigenvalue weighted by atomic mass is 10.0. The minimum Gasteiger partial charge on any atom is -0.452 e. The van der Waals surface area contributed by atoms with E-state index >= 15 is 0 Å². The van der Waals surface area contributed by atoms with Crippen molar-refractivity contribution >= 4 is 46.8 Å². The maximum absolute atomic E-state index is 13.2. The van der Waals surface area contributed by atoms with Crippen LogP contribution in [0.5, 0.6) is 0 Å². The van der Waals surface area contributed by atoms with E-state index in [1.165, 1.54) is 12.3 Å². The normalized spacial score (nSPS) is 10.5. The van der Waals surface area contributed by atoms with Crippen molar-refractivity contribution in [1.82, 2.24) is 20.6 Å². The van der Waals surface area contributed by atoms with Crippen molar-refractivity contribution < 1.29 is 19.1 Å². The van der Waals surface area contributed by atoms with Gasteiger partial charge >= 0.3 is 6.09 Å². The zero-order valence-electron chi connectivity index (χ0n) is 18.0. The summed E-state index contributed by atoms with van der Waals surface area (Å²) in [5.41, 5.74) is 6.95. The lowest BCUT2D eigenvalue weighted by Crippen LogP contribution is -2.41. The number of halogens is 2. The number of aryl methyl sites for hydroxylation is 2. The van der Waals surface area contributed by atoms with Crippen LogP contribution in [0.4, 0.5) is 10.5 Å². The van der Waals surface area contributed by atoms with E-state index in [1.807, 2.05) is 18.2 Å². The molecule has 172 valence electrons. The van der Waals surface area contributed by atoms with Gasteiger partial charge in [0.2, 0.25) is 0 Å². The molecule has 33 heavy (non-hydrogen) atoms. The largest absolute Gasteiger partial charge is 0.452 e. The second-order valence-corrected chi connectivity index (χ2v) is 7.91. The third-order valence-electron chi connectivity index (χ3n) is 4.87. The molecule has 0 unspecified atom stereocenters. The predicted octanol–water partition coefficient (Wildman–Crippen LogP) is 3.88. The summed E-state index contributed by atoms with van der Waals surface area (Å²) in [5.74, 6) is -1.16. The van der Waals surface area contributed by atoms with E-state index in [4.69, 9.17) is 23.2 Å². The van der Waals surface area contributed by atoms with Crippen LogP contribution < -0.4 is 16.2 Å². The zero-order chi connectivity index (χ0) is 24.1. The first-order valence-corrected chi connectivity index (χ1v) is 10.5. The molecule has 0 aliphatic heterocycles. The van der Waals surface area contributed by atoms with Gasteiger partial charge in [-0.1, -0.05) is 41.4 Å². The van der Waals surface area contributed by atoms with Crippen LogP contribution in [0, 0.1) is 6.92 Å². The highest BCUT2D eigenvalue weighted by atomic mass is 35.5. The Kier molecular flexibility index (Phi) is 7.57. The molecule has 3 amide bonds. The van der Waals surface area contributed by atoms with Crippen molar-refractivity contribution in [2.75, 3.05) is 12.4 Å². The van der Waals surface area contributed by atoms with Gasteiger partial charge in [-0.3, -0.25) is 19.7 Å². The first kappa shape index (κ1) is 24.1. The molecule has 2 aromatic carbocycles. The van der Waals surface area contributed by atoms with Gasteiger partial charge in [0.05, 0.1) is 35.8 Å². The molecule has 9 nitrogen and oxygen atoms in total. The monoisotopic (exact) mass is 489 g/mol. The molecule has 0 aliphatic rings. The standard InChI is InChI=1S/C22H21Cl2N5O4/c1-12-8-14(23)10-15(21(31)27-28-22(32)33-3)19(12)26-20(30)16-11-25-29(2)18(16)9-13-6-4-5-7-17(13)24/h4-8,10-11H,9H2,1-3H3,(H,26,30)(H,27,31)(H,28,32). The number of rotatable bonds is 5. The molecule has 3 N–H and O–H groups in total. The molecule has 3 rings (SSSR count). The van der Waals surface area contributed by atoms with Crippen LogP contribution >= 0.6 is 23.2 Å². The highest BCUT2D eigenvalue weighted by molar-refractivity contribution is 6.31. The summed E-state index contributed by atoms with van der Waals surface area (Å²) in [4.78, 5) is 37.1. The van der Waals surface area contributed by atoms with Crippen LogP contribution in [-0.4, -0.2) is 34.8 Å². The van der Waals surface area contributed by atoms with Crippen LogP contribution in [0.2, 0.25) is 10.0 Å². The van der Waals surface area contributed by atoms with Crippen LogP contribution in [0.1, 0.15) is 37.5 Å². The van der Waals surface area contributed by atoms with E-state index in [9.17, 15) is 14.4 Å². The van der Waals surface area contributed by atoms with Gasteiger partial charge in [-0.15, -0.1) is 0 Å². The number of benzene rings is 2. The summed E-state index contributed by atoms with van der Waals surface area (Å²) >= 11 is 12.4. The minimum atomic E-state index is -0.854. The minimum absolute atomic E-state index is 0.0568. The molecule has 0 spiro atoms. The fourth-order valence-electron chi connectivity index (χ4n) is 3.18. The van der Waals surface area contributed by atoms with E-state index in [0.717, 1.165) is 12.7 Å². The van der Waals surface area contributed by atoms with Gasteiger partial charge in [0.15, 0.2) is 0 Å². The van der Waals surface area contributed by atoms with Gasteiger partial charge in [-0.2, -0.15) is 5.10 Å². The van der Waals surface area contributed by atoms with E-state index in [1.54, 1.807) is 30.8 Å². The van der Waals surface area contributed by atoms with Gasteiger partial charge in [0.1, 0.15) is 0 Å². The number of amides is 3. The van der Waals surface area contributed by atoms with Gasteiger partial charge in [0.25, 0.3) is 11.8 Å². The van der Waals surface area contributed by atoms with Gasteiger partial charge in [0, 0.05) is 23.5 Å². The molecule has 0 saturated carbocycles.